The third-order valence-corrected chi connectivity index (χ3v) is 4.77. The topological polar surface area (TPSA) is 73.1 Å². The number of hydrogen-bond acceptors (Lipinski definition) is 6. The number of hydrogen-bond donors (Lipinski definition) is 2. The lowest BCUT2D eigenvalue weighted by atomic mass is 10.2. The Kier molecular flexibility index (Phi) is 4.03. The van der Waals surface area contributed by atoms with Crippen LogP contribution >= 0.6 is 11.3 Å². The highest BCUT2D eigenvalue weighted by molar-refractivity contribution is 7.18. The normalized spacial score (nSPS) is 18.8. The van der Waals surface area contributed by atoms with Gasteiger partial charge in [0.15, 0.2) is 0 Å². The van der Waals surface area contributed by atoms with Crippen LogP contribution in [0, 0.1) is 0 Å². The van der Waals surface area contributed by atoms with Gasteiger partial charge < -0.3 is 15.8 Å². The molecule has 3 N–H and O–H groups in total. The molecule has 1 aliphatic rings. The van der Waals surface area contributed by atoms with Crippen molar-refractivity contribution >= 4 is 33.3 Å². The molecule has 3 heterocycles. The first-order valence-corrected chi connectivity index (χ1v) is 7.99. The molecule has 20 heavy (non-hydrogen) atoms. The maximum atomic E-state index is 5.79. The van der Waals surface area contributed by atoms with Crippen LogP contribution in [0.5, 0.6) is 0 Å². The zero-order chi connectivity index (χ0) is 13.9. The average Bonchev–Trinajstić information content (AvgIpc) is 3.06. The first kappa shape index (κ1) is 13.6. The first-order valence-electron chi connectivity index (χ1n) is 7.17. The minimum Gasteiger partial charge on any atom is -0.378 e. The number of aryl methyl sites for hydroxylation is 1. The van der Waals surface area contributed by atoms with Gasteiger partial charge >= 0.3 is 0 Å². The number of nitrogens with zero attached hydrogens (tertiary/aromatic N) is 2. The van der Waals surface area contributed by atoms with Gasteiger partial charge in [0.2, 0.25) is 5.95 Å². The van der Waals surface area contributed by atoms with Crippen LogP contribution in [-0.4, -0.2) is 29.2 Å². The van der Waals surface area contributed by atoms with Crippen LogP contribution in [0.1, 0.15) is 31.1 Å². The predicted molar refractivity (Wildman–Crippen MR) is 83.3 cm³/mol. The molecule has 3 rings (SSSR count). The highest BCUT2D eigenvalue weighted by Crippen LogP contribution is 2.30. The van der Waals surface area contributed by atoms with Crippen molar-refractivity contribution in [1.29, 1.82) is 0 Å². The molecule has 0 saturated carbocycles. The molecule has 0 spiro atoms. The smallest absolute Gasteiger partial charge is 0.223 e. The van der Waals surface area contributed by atoms with Crippen LogP contribution in [0.25, 0.3) is 10.2 Å². The molecular formula is C14H20N4OS. The number of aromatic nitrogens is 2. The van der Waals surface area contributed by atoms with Crippen molar-refractivity contribution in [2.45, 2.75) is 38.7 Å². The van der Waals surface area contributed by atoms with Crippen LogP contribution in [0.3, 0.4) is 0 Å². The molecule has 108 valence electrons. The number of nitrogens with one attached hydrogen (secondary N) is 1. The molecule has 0 radical (unpaired) electrons. The second-order valence-electron chi connectivity index (χ2n) is 5.07. The number of anilines is 2. The number of rotatable bonds is 5. The summed E-state index contributed by atoms with van der Waals surface area (Å²) in [5.74, 6) is 1.18. The van der Waals surface area contributed by atoms with Gasteiger partial charge in [-0.05, 0) is 31.7 Å². The lowest BCUT2D eigenvalue weighted by Gasteiger charge is -2.11. The van der Waals surface area contributed by atoms with Crippen molar-refractivity contribution in [2.75, 3.05) is 24.2 Å². The van der Waals surface area contributed by atoms with Crippen molar-refractivity contribution in [1.82, 2.24) is 9.97 Å². The fraction of sp³-hybridized carbons (Fsp3) is 0.571. The Bertz CT molecular complexity index is 592. The van der Waals surface area contributed by atoms with Gasteiger partial charge in [-0.1, -0.05) is 6.92 Å². The van der Waals surface area contributed by atoms with E-state index >= 15 is 0 Å². The Labute approximate surface area is 122 Å². The second-order valence-corrected chi connectivity index (χ2v) is 6.18. The van der Waals surface area contributed by atoms with Gasteiger partial charge in [0.25, 0.3) is 0 Å². The van der Waals surface area contributed by atoms with Crippen molar-refractivity contribution in [2.24, 2.45) is 0 Å². The van der Waals surface area contributed by atoms with Gasteiger partial charge in [-0.15, -0.1) is 11.3 Å². The van der Waals surface area contributed by atoms with Gasteiger partial charge in [0.05, 0.1) is 11.5 Å². The largest absolute Gasteiger partial charge is 0.378 e. The van der Waals surface area contributed by atoms with Gasteiger partial charge in [-0.25, -0.2) is 4.98 Å². The number of nitrogen functional groups attached to an aromatic ring is 1. The first-order chi connectivity index (χ1) is 9.76. The summed E-state index contributed by atoms with van der Waals surface area (Å²) in [4.78, 5) is 10.9. The number of fused-ring (bicyclic) bond motifs is 1. The molecule has 5 nitrogen and oxygen atoms in total. The van der Waals surface area contributed by atoms with E-state index in [0.29, 0.717) is 12.1 Å². The van der Waals surface area contributed by atoms with E-state index in [1.165, 1.54) is 17.7 Å². The summed E-state index contributed by atoms with van der Waals surface area (Å²) in [6.45, 7) is 3.90. The summed E-state index contributed by atoms with van der Waals surface area (Å²) in [7, 11) is 0. The summed E-state index contributed by atoms with van der Waals surface area (Å²) >= 11 is 1.69. The molecule has 1 saturated heterocycles. The Hall–Kier alpha value is -1.40. The van der Waals surface area contributed by atoms with E-state index < -0.39 is 0 Å². The molecule has 0 aliphatic carbocycles. The molecule has 6 heteroatoms. The van der Waals surface area contributed by atoms with Crippen molar-refractivity contribution in [3.05, 3.63) is 10.9 Å². The van der Waals surface area contributed by atoms with Crippen LogP contribution in [0.4, 0.5) is 11.8 Å². The molecule has 1 unspecified atom stereocenters. The molecule has 0 bridgehead atoms. The predicted octanol–water partition coefficient (Wildman–Crippen LogP) is 2.82. The van der Waals surface area contributed by atoms with E-state index in [1.807, 2.05) is 0 Å². The maximum absolute atomic E-state index is 5.79. The Morgan fingerprint density at radius 3 is 3.15 bits per heavy atom. The van der Waals surface area contributed by atoms with E-state index in [0.717, 1.165) is 42.0 Å². The number of ether oxygens (including phenoxy) is 1. The van der Waals surface area contributed by atoms with Crippen molar-refractivity contribution in [3.8, 4) is 0 Å². The number of thiophene rings is 1. The zero-order valence-corrected chi connectivity index (χ0v) is 12.5. The lowest BCUT2D eigenvalue weighted by molar-refractivity contribution is 0.107. The van der Waals surface area contributed by atoms with E-state index in [-0.39, 0.29) is 0 Å². The fourth-order valence-electron chi connectivity index (χ4n) is 2.52. The van der Waals surface area contributed by atoms with Crippen LogP contribution < -0.4 is 11.1 Å². The van der Waals surface area contributed by atoms with Gasteiger partial charge in [0, 0.05) is 18.0 Å². The Balaban J connectivity index is 1.73. The molecule has 1 atom stereocenters. The minimum absolute atomic E-state index is 0.335. The molecule has 0 aromatic carbocycles. The van der Waals surface area contributed by atoms with E-state index in [9.17, 15) is 0 Å². The molecular weight excluding hydrogens is 272 g/mol. The number of nitrogens with two attached hydrogens (primary N) is 1. The minimum atomic E-state index is 0.335. The summed E-state index contributed by atoms with van der Waals surface area (Å²) < 4.78 is 5.63. The molecule has 1 aliphatic heterocycles. The monoisotopic (exact) mass is 292 g/mol. The van der Waals surface area contributed by atoms with Crippen molar-refractivity contribution in [3.63, 3.8) is 0 Å². The van der Waals surface area contributed by atoms with Crippen LogP contribution in [0.2, 0.25) is 0 Å². The second kappa shape index (κ2) is 5.93. The molecule has 2 aromatic heterocycles. The summed E-state index contributed by atoms with van der Waals surface area (Å²) in [6.07, 6.45) is 4.76. The van der Waals surface area contributed by atoms with Gasteiger partial charge in [-0.2, -0.15) is 4.98 Å². The highest BCUT2D eigenvalue weighted by atomic mass is 32.1. The SMILES string of the molecule is CCc1cc2c(NCCC3CCCO3)nc(N)nc2s1. The summed E-state index contributed by atoms with van der Waals surface area (Å²) in [5, 5.41) is 4.47. The van der Waals surface area contributed by atoms with E-state index in [1.54, 1.807) is 11.3 Å². The van der Waals surface area contributed by atoms with Gasteiger partial charge in [0.1, 0.15) is 10.6 Å². The quantitative estimate of drug-likeness (QED) is 0.886. The van der Waals surface area contributed by atoms with Crippen LogP contribution in [-0.2, 0) is 11.2 Å². The Morgan fingerprint density at radius 1 is 1.50 bits per heavy atom. The zero-order valence-electron chi connectivity index (χ0n) is 11.7. The van der Waals surface area contributed by atoms with Crippen LogP contribution in [0.15, 0.2) is 6.07 Å². The Morgan fingerprint density at radius 2 is 2.40 bits per heavy atom. The molecule has 2 aromatic rings. The highest BCUT2D eigenvalue weighted by Gasteiger charge is 2.15. The summed E-state index contributed by atoms with van der Waals surface area (Å²) in [6, 6.07) is 2.16. The third kappa shape index (κ3) is 2.86. The third-order valence-electron chi connectivity index (χ3n) is 3.59. The van der Waals surface area contributed by atoms with Gasteiger partial charge in [-0.3, -0.25) is 0 Å². The standard InChI is InChI=1S/C14H20N4OS/c1-2-10-8-11-12(17-14(15)18-13(11)20-10)16-6-5-9-4-3-7-19-9/h8-9H,2-7H2,1H3,(H3,15,16,17,18). The maximum Gasteiger partial charge on any atom is 0.223 e. The fourth-order valence-corrected chi connectivity index (χ4v) is 3.49. The van der Waals surface area contributed by atoms with Crippen molar-refractivity contribution < 1.29 is 4.74 Å². The molecule has 0 amide bonds. The average molecular weight is 292 g/mol. The van der Waals surface area contributed by atoms with E-state index in [4.69, 9.17) is 10.5 Å². The lowest BCUT2D eigenvalue weighted by Crippen LogP contribution is -2.13. The van der Waals surface area contributed by atoms with E-state index in [2.05, 4.69) is 28.3 Å². The molecule has 1 fully saturated rings. The summed E-state index contributed by atoms with van der Waals surface area (Å²) in [5.41, 5.74) is 5.79.